The Bertz CT molecular complexity index is 1360. The highest BCUT2D eigenvalue weighted by Crippen LogP contribution is 2.45. The Morgan fingerprint density at radius 3 is 2.41 bits per heavy atom. The number of alkyl halides is 3. The standard InChI is InChI=1S/C29H25F5O3/c1-3-36-28(35)20-12-17(2)11-19(13-20)23-5-4-6-24(23)25-14-21(29(32,33)34)8-10-27(25)37-16-18-7-9-22(30)15-26(18)31/h7-15H,3-6,16H2,1-2H3. The molecule has 0 bridgehead atoms. The summed E-state index contributed by atoms with van der Waals surface area (Å²) in [6, 6.07) is 11.5. The van der Waals surface area contributed by atoms with Crippen molar-refractivity contribution in [2.75, 3.05) is 6.61 Å². The summed E-state index contributed by atoms with van der Waals surface area (Å²) in [6.45, 7) is 3.47. The van der Waals surface area contributed by atoms with E-state index in [-0.39, 0.29) is 30.1 Å². The first-order chi connectivity index (χ1) is 17.6. The lowest BCUT2D eigenvalue weighted by atomic mass is 9.93. The van der Waals surface area contributed by atoms with Crippen LogP contribution in [0.2, 0.25) is 0 Å². The number of carbonyl (C=O) groups excluding carboxylic acids is 1. The van der Waals surface area contributed by atoms with Gasteiger partial charge in [-0.25, -0.2) is 13.6 Å². The molecule has 3 nitrogen and oxygen atoms in total. The summed E-state index contributed by atoms with van der Waals surface area (Å²) in [6.07, 6.45) is -2.77. The van der Waals surface area contributed by atoms with Crippen LogP contribution in [0.25, 0.3) is 11.1 Å². The second-order valence-corrected chi connectivity index (χ2v) is 8.85. The average Bonchev–Trinajstić information content (AvgIpc) is 3.32. The van der Waals surface area contributed by atoms with Crippen molar-refractivity contribution in [1.82, 2.24) is 0 Å². The van der Waals surface area contributed by atoms with Crippen LogP contribution in [-0.2, 0) is 17.5 Å². The molecule has 0 aromatic heterocycles. The van der Waals surface area contributed by atoms with Gasteiger partial charge in [0.25, 0.3) is 0 Å². The molecule has 3 aromatic carbocycles. The van der Waals surface area contributed by atoms with Crippen LogP contribution in [0.3, 0.4) is 0 Å². The Hall–Kier alpha value is -3.68. The van der Waals surface area contributed by atoms with E-state index in [0.29, 0.717) is 30.4 Å². The van der Waals surface area contributed by atoms with Gasteiger partial charge in [-0.15, -0.1) is 0 Å². The Morgan fingerprint density at radius 1 is 0.946 bits per heavy atom. The van der Waals surface area contributed by atoms with Gasteiger partial charge in [0.2, 0.25) is 0 Å². The minimum atomic E-state index is -4.57. The molecule has 0 unspecified atom stereocenters. The zero-order chi connectivity index (χ0) is 26.7. The molecule has 1 aliphatic carbocycles. The van der Waals surface area contributed by atoms with Crippen molar-refractivity contribution in [1.29, 1.82) is 0 Å². The summed E-state index contributed by atoms with van der Waals surface area (Å²) >= 11 is 0. The van der Waals surface area contributed by atoms with Gasteiger partial charge in [-0.2, -0.15) is 13.2 Å². The predicted octanol–water partition coefficient (Wildman–Crippen LogP) is 8.14. The first-order valence-electron chi connectivity index (χ1n) is 11.9. The summed E-state index contributed by atoms with van der Waals surface area (Å²) in [7, 11) is 0. The quantitative estimate of drug-likeness (QED) is 0.235. The van der Waals surface area contributed by atoms with Crippen LogP contribution in [0.5, 0.6) is 5.75 Å². The van der Waals surface area contributed by atoms with Crippen LogP contribution >= 0.6 is 0 Å². The van der Waals surface area contributed by atoms with E-state index in [1.54, 1.807) is 19.1 Å². The highest BCUT2D eigenvalue weighted by atomic mass is 19.4. The molecule has 0 radical (unpaired) electrons. The van der Waals surface area contributed by atoms with Crippen molar-refractivity contribution in [3.05, 3.63) is 99.6 Å². The minimum absolute atomic E-state index is 0.0747. The van der Waals surface area contributed by atoms with Gasteiger partial charge in [0, 0.05) is 17.2 Å². The van der Waals surface area contributed by atoms with Crippen LogP contribution in [0.15, 0.2) is 54.6 Å². The Morgan fingerprint density at radius 2 is 1.70 bits per heavy atom. The maximum atomic E-state index is 14.1. The first kappa shape index (κ1) is 26.4. The molecule has 1 aliphatic rings. The van der Waals surface area contributed by atoms with E-state index in [2.05, 4.69) is 0 Å². The van der Waals surface area contributed by atoms with Gasteiger partial charge in [-0.05, 0) is 97.8 Å². The van der Waals surface area contributed by atoms with Gasteiger partial charge >= 0.3 is 12.1 Å². The van der Waals surface area contributed by atoms with Gasteiger partial charge in [0.15, 0.2) is 0 Å². The van der Waals surface area contributed by atoms with E-state index in [1.807, 2.05) is 13.0 Å². The summed E-state index contributed by atoms with van der Waals surface area (Å²) in [5.41, 5.74) is 2.87. The molecule has 0 fully saturated rings. The molecule has 4 rings (SSSR count). The molecule has 3 aromatic rings. The summed E-state index contributed by atoms with van der Waals surface area (Å²) in [5, 5.41) is 0. The largest absolute Gasteiger partial charge is 0.488 e. The molecule has 0 N–H and O–H groups in total. The van der Waals surface area contributed by atoms with Crippen molar-refractivity contribution < 1.29 is 36.2 Å². The lowest BCUT2D eigenvalue weighted by molar-refractivity contribution is -0.137. The molecule has 0 amide bonds. The second-order valence-electron chi connectivity index (χ2n) is 8.85. The lowest BCUT2D eigenvalue weighted by Gasteiger charge is -2.18. The fourth-order valence-corrected chi connectivity index (χ4v) is 4.51. The van der Waals surface area contributed by atoms with E-state index < -0.39 is 29.3 Å². The normalized spacial score (nSPS) is 13.7. The molecular weight excluding hydrogens is 491 g/mol. The Kier molecular flexibility index (Phi) is 7.66. The number of benzene rings is 3. The molecule has 0 atom stereocenters. The number of rotatable bonds is 7. The highest BCUT2D eigenvalue weighted by Gasteiger charge is 2.32. The zero-order valence-electron chi connectivity index (χ0n) is 20.3. The summed E-state index contributed by atoms with van der Waals surface area (Å²) in [4.78, 5) is 12.4. The van der Waals surface area contributed by atoms with Crippen LogP contribution in [0.1, 0.15) is 64.4 Å². The molecule has 0 spiro atoms. The van der Waals surface area contributed by atoms with Crippen molar-refractivity contribution >= 4 is 17.1 Å². The monoisotopic (exact) mass is 516 g/mol. The van der Waals surface area contributed by atoms with E-state index in [1.165, 1.54) is 12.1 Å². The van der Waals surface area contributed by atoms with Crippen molar-refractivity contribution in [2.45, 2.75) is 45.9 Å². The van der Waals surface area contributed by atoms with Crippen molar-refractivity contribution in [3.63, 3.8) is 0 Å². The number of ether oxygens (including phenoxy) is 2. The molecular formula is C29H25F5O3. The molecule has 0 aliphatic heterocycles. The van der Waals surface area contributed by atoms with Crippen LogP contribution in [0.4, 0.5) is 22.0 Å². The number of hydrogen-bond acceptors (Lipinski definition) is 3. The highest BCUT2D eigenvalue weighted by molar-refractivity contribution is 5.97. The molecule has 0 saturated heterocycles. The second kappa shape index (κ2) is 10.7. The average molecular weight is 517 g/mol. The Balaban J connectivity index is 1.79. The van der Waals surface area contributed by atoms with Crippen LogP contribution in [-0.4, -0.2) is 12.6 Å². The zero-order valence-corrected chi connectivity index (χ0v) is 20.3. The molecule has 8 heteroatoms. The van der Waals surface area contributed by atoms with E-state index in [9.17, 15) is 26.7 Å². The first-order valence-corrected chi connectivity index (χ1v) is 11.9. The topological polar surface area (TPSA) is 35.5 Å². The third-order valence-corrected chi connectivity index (χ3v) is 6.19. The maximum Gasteiger partial charge on any atom is 0.416 e. The summed E-state index contributed by atoms with van der Waals surface area (Å²) < 4.78 is 79.2. The number of allylic oxidation sites excluding steroid dienone is 2. The van der Waals surface area contributed by atoms with Crippen molar-refractivity contribution in [2.24, 2.45) is 0 Å². The van der Waals surface area contributed by atoms with Gasteiger partial charge in [-0.1, -0.05) is 6.07 Å². The maximum absolute atomic E-state index is 14.1. The molecule has 194 valence electrons. The van der Waals surface area contributed by atoms with Crippen LogP contribution < -0.4 is 4.74 Å². The van der Waals surface area contributed by atoms with E-state index in [4.69, 9.17) is 9.47 Å². The van der Waals surface area contributed by atoms with E-state index in [0.717, 1.165) is 41.0 Å². The third kappa shape index (κ3) is 6.01. The SMILES string of the molecule is CCOC(=O)c1cc(C)cc(C2=C(c3cc(C(F)(F)F)ccc3OCc3ccc(F)cc3F)CCC2)c1. The minimum Gasteiger partial charge on any atom is -0.488 e. The van der Waals surface area contributed by atoms with Crippen LogP contribution in [0, 0.1) is 18.6 Å². The number of halogens is 5. The smallest absolute Gasteiger partial charge is 0.416 e. The van der Waals surface area contributed by atoms with Gasteiger partial charge in [-0.3, -0.25) is 0 Å². The Labute approximate surface area is 211 Å². The van der Waals surface area contributed by atoms with Crippen molar-refractivity contribution in [3.8, 4) is 5.75 Å². The number of hydrogen-bond donors (Lipinski definition) is 0. The molecule has 0 heterocycles. The van der Waals surface area contributed by atoms with E-state index >= 15 is 0 Å². The molecule has 0 saturated carbocycles. The predicted molar refractivity (Wildman–Crippen MR) is 130 cm³/mol. The number of aryl methyl sites for hydroxylation is 1. The number of esters is 1. The van der Waals surface area contributed by atoms with Gasteiger partial charge in [0.1, 0.15) is 24.0 Å². The summed E-state index contributed by atoms with van der Waals surface area (Å²) in [5.74, 6) is -1.86. The fourth-order valence-electron chi connectivity index (χ4n) is 4.51. The fraction of sp³-hybridized carbons (Fsp3) is 0.276. The lowest BCUT2D eigenvalue weighted by Crippen LogP contribution is -2.07. The molecule has 37 heavy (non-hydrogen) atoms. The van der Waals surface area contributed by atoms with Gasteiger partial charge < -0.3 is 9.47 Å². The van der Waals surface area contributed by atoms with Gasteiger partial charge in [0.05, 0.1) is 17.7 Å². The third-order valence-electron chi connectivity index (χ3n) is 6.19. The number of carbonyl (C=O) groups is 1.